The Bertz CT molecular complexity index is 477. The molecule has 0 bridgehead atoms. The number of carbonyl (C=O) groups excluding carboxylic acids is 1. The summed E-state index contributed by atoms with van der Waals surface area (Å²) >= 11 is 0. The molecule has 0 radical (unpaired) electrons. The fourth-order valence-electron chi connectivity index (χ4n) is 3.02. The Labute approximate surface area is 119 Å². The van der Waals surface area contributed by atoms with E-state index in [0.29, 0.717) is 24.5 Å². The van der Waals surface area contributed by atoms with Crippen molar-refractivity contribution in [1.82, 2.24) is 19.9 Å². The summed E-state index contributed by atoms with van der Waals surface area (Å²) in [6.07, 6.45) is 2.99. The Kier molecular flexibility index (Phi) is 3.85. The number of piperazine rings is 1. The molecule has 1 atom stereocenters. The third-order valence-corrected chi connectivity index (χ3v) is 4.50. The maximum atomic E-state index is 11.3. The zero-order chi connectivity index (χ0) is 14.1. The predicted molar refractivity (Wildman–Crippen MR) is 73.4 cm³/mol. The Morgan fingerprint density at radius 2 is 1.95 bits per heavy atom. The van der Waals surface area contributed by atoms with E-state index in [1.54, 1.807) is 0 Å². The second-order valence-electron chi connectivity index (χ2n) is 6.06. The lowest BCUT2D eigenvalue weighted by atomic mass is 9.88. The van der Waals surface area contributed by atoms with Crippen LogP contribution in [0.4, 0.5) is 0 Å². The summed E-state index contributed by atoms with van der Waals surface area (Å²) in [5.74, 6) is 2.12. The molecule has 1 saturated heterocycles. The highest BCUT2D eigenvalue weighted by atomic mass is 16.5. The molecule has 1 aromatic rings. The van der Waals surface area contributed by atoms with Gasteiger partial charge in [-0.15, -0.1) is 0 Å². The zero-order valence-electron chi connectivity index (χ0n) is 12.2. The SMILES string of the molecule is CN1CCN(C)C(c2noc(C3CCC(=O)CC3)n2)C1. The summed E-state index contributed by atoms with van der Waals surface area (Å²) in [6, 6.07) is 0.205. The minimum Gasteiger partial charge on any atom is -0.339 e. The average molecular weight is 278 g/mol. The largest absolute Gasteiger partial charge is 0.339 e. The lowest BCUT2D eigenvalue weighted by Gasteiger charge is -2.35. The monoisotopic (exact) mass is 278 g/mol. The van der Waals surface area contributed by atoms with Crippen molar-refractivity contribution in [2.45, 2.75) is 37.6 Å². The van der Waals surface area contributed by atoms with Crippen LogP contribution in [0.5, 0.6) is 0 Å². The fraction of sp³-hybridized carbons (Fsp3) is 0.786. The van der Waals surface area contributed by atoms with Crippen LogP contribution in [0, 0.1) is 0 Å². The molecule has 3 rings (SSSR count). The molecule has 1 saturated carbocycles. The van der Waals surface area contributed by atoms with Crippen LogP contribution in [0.25, 0.3) is 0 Å². The van der Waals surface area contributed by atoms with Crippen molar-refractivity contribution >= 4 is 5.78 Å². The molecule has 1 aromatic heterocycles. The first-order chi connectivity index (χ1) is 9.63. The van der Waals surface area contributed by atoms with Crippen LogP contribution in [-0.2, 0) is 4.79 Å². The lowest BCUT2D eigenvalue weighted by molar-refractivity contribution is -0.120. The quantitative estimate of drug-likeness (QED) is 0.810. The highest BCUT2D eigenvalue weighted by molar-refractivity contribution is 5.79. The number of aromatic nitrogens is 2. The molecule has 6 nitrogen and oxygen atoms in total. The van der Waals surface area contributed by atoms with Gasteiger partial charge in [0.1, 0.15) is 5.78 Å². The fourth-order valence-corrected chi connectivity index (χ4v) is 3.02. The van der Waals surface area contributed by atoms with Crippen LogP contribution < -0.4 is 0 Å². The van der Waals surface area contributed by atoms with E-state index in [4.69, 9.17) is 4.52 Å². The minimum absolute atomic E-state index is 0.205. The molecule has 2 aliphatic rings. The maximum Gasteiger partial charge on any atom is 0.229 e. The molecule has 0 N–H and O–H groups in total. The molecular formula is C14H22N4O2. The summed E-state index contributed by atoms with van der Waals surface area (Å²) in [4.78, 5) is 20.5. The van der Waals surface area contributed by atoms with Crippen LogP contribution >= 0.6 is 0 Å². The number of carbonyl (C=O) groups is 1. The number of hydrogen-bond acceptors (Lipinski definition) is 6. The van der Waals surface area contributed by atoms with E-state index in [9.17, 15) is 4.79 Å². The summed E-state index contributed by atoms with van der Waals surface area (Å²) in [6.45, 7) is 3.02. The van der Waals surface area contributed by atoms with Gasteiger partial charge in [-0.3, -0.25) is 9.69 Å². The van der Waals surface area contributed by atoms with Gasteiger partial charge in [0, 0.05) is 38.4 Å². The number of rotatable bonds is 2. The van der Waals surface area contributed by atoms with E-state index >= 15 is 0 Å². The molecule has 1 aliphatic heterocycles. The van der Waals surface area contributed by atoms with Gasteiger partial charge in [0.2, 0.25) is 5.89 Å². The third-order valence-electron chi connectivity index (χ3n) is 4.50. The maximum absolute atomic E-state index is 11.3. The van der Waals surface area contributed by atoms with Crippen molar-refractivity contribution in [3.63, 3.8) is 0 Å². The van der Waals surface area contributed by atoms with Gasteiger partial charge in [-0.05, 0) is 26.9 Å². The van der Waals surface area contributed by atoms with E-state index in [-0.39, 0.29) is 12.0 Å². The summed E-state index contributed by atoms with van der Waals surface area (Å²) in [7, 11) is 4.22. The molecule has 2 heterocycles. The predicted octanol–water partition coefficient (Wildman–Crippen LogP) is 1.21. The highest BCUT2D eigenvalue weighted by Gasteiger charge is 2.30. The van der Waals surface area contributed by atoms with Crippen molar-refractivity contribution < 1.29 is 9.32 Å². The summed E-state index contributed by atoms with van der Waals surface area (Å²) in [5, 5.41) is 4.18. The van der Waals surface area contributed by atoms with Gasteiger partial charge in [-0.25, -0.2) is 0 Å². The molecule has 1 aliphatic carbocycles. The molecule has 6 heteroatoms. The topological polar surface area (TPSA) is 62.5 Å². The van der Waals surface area contributed by atoms with Gasteiger partial charge in [0.05, 0.1) is 6.04 Å². The normalized spacial score (nSPS) is 27.1. The Morgan fingerprint density at radius 3 is 2.70 bits per heavy atom. The average Bonchev–Trinajstić information content (AvgIpc) is 2.92. The minimum atomic E-state index is 0.205. The van der Waals surface area contributed by atoms with Gasteiger partial charge in [0.15, 0.2) is 5.82 Å². The molecule has 2 fully saturated rings. The van der Waals surface area contributed by atoms with Gasteiger partial charge < -0.3 is 9.42 Å². The molecule has 1 unspecified atom stereocenters. The van der Waals surface area contributed by atoms with Gasteiger partial charge >= 0.3 is 0 Å². The smallest absolute Gasteiger partial charge is 0.229 e. The number of ketones is 1. The standard InChI is InChI=1S/C14H22N4O2/c1-17-7-8-18(2)12(9-17)13-15-14(20-16-13)10-3-5-11(19)6-4-10/h10,12H,3-9H2,1-2H3. The lowest BCUT2D eigenvalue weighted by Crippen LogP contribution is -2.45. The number of Topliss-reactive ketones (excluding diaryl/α,β-unsaturated/α-hetero) is 1. The van der Waals surface area contributed by atoms with E-state index in [0.717, 1.165) is 38.3 Å². The van der Waals surface area contributed by atoms with E-state index in [1.807, 2.05) is 0 Å². The second-order valence-corrected chi connectivity index (χ2v) is 6.06. The van der Waals surface area contributed by atoms with Crippen molar-refractivity contribution in [3.8, 4) is 0 Å². The van der Waals surface area contributed by atoms with Crippen molar-refractivity contribution in [3.05, 3.63) is 11.7 Å². The molecular weight excluding hydrogens is 256 g/mol. The first-order valence-corrected chi connectivity index (χ1v) is 7.37. The molecule has 0 spiro atoms. The first kappa shape index (κ1) is 13.7. The number of likely N-dealkylation sites (N-methyl/N-ethyl adjacent to an activating group) is 2. The summed E-state index contributed by atoms with van der Waals surface area (Å²) in [5.41, 5.74) is 0. The molecule has 110 valence electrons. The Balaban J connectivity index is 1.71. The van der Waals surface area contributed by atoms with E-state index in [2.05, 4.69) is 34.0 Å². The van der Waals surface area contributed by atoms with Crippen LogP contribution in [-0.4, -0.2) is 59.5 Å². The molecule has 0 amide bonds. The number of hydrogen-bond donors (Lipinski definition) is 0. The van der Waals surface area contributed by atoms with Gasteiger partial charge in [0.25, 0.3) is 0 Å². The van der Waals surface area contributed by atoms with Crippen molar-refractivity contribution in [2.75, 3.05) is 33.7 Å². The van der Waals surface area contributed by atoms with Gasteiger partial charge in [-0.1, -0.05) is 5.16 Å². The first-order valence-electron chi connectivity index (χ1n) is 7.37. The van der Waals surface area contributed by atoms with Crippen LogP contribution in [0.3, 0.4) is 0 Å². The zero-order valence-corrected chi connectivity index (χ0v) is 12.2. The Hall–Kier alpha value is -1.27. The summed E-state index contributed by atoms with van der Waals surface area (Å²) < 4.78 is 5.46. The Morgan fingerprint density at radius 1 is 1.20 bits per heavy atom. The van der Waals surface area contributed by atoms with Gasteiger partial charge in [-0.2, -0.15) is 4.98 Å². The van der Waals surface area contributed by atoms with Crippen molar-refractivity contribution in [1.29, 1.82) is 0 Å². The van der Waals surface area contributed by atoms with E-state index < -0.39 is 0 Å². The van der Waals surface area contributed by atoms with Crippen LogP contribution in [0.1, 0.15) is 49.4 Å². The van der Waals surface area contributed by atoms with Crippen LogP contribution in [0.15, 0.2) is 4.52 Å². The van der Waals surface area contributed by atoms with Crippen molar-refractivity contribution in [2.24, 2.45) is 0 Å². The molecule has 0 aromatic carbocycles. The van der Waals surface area contributed by atoms with E-state index in [1.165, 1.54) is 0 Å². The van der Waals surface area contributed by atoms with Crippen LogP contribution in [0.2, 0.25) is 0 Å². The number of nitrogens with zero attached hydrogens (tertiary/aromatic N) is 4. The third kappa shape index (κ3) is 2.76. The second kappa shape index (κ2) is 5.61. The highest BCUT2D eigenvalue weighted by Crippen LogP contribution is 2.31. The molecule has 20 heavy (non-hydrogen) atoms.